The number of rotatable bonds is 7. The standard InChI is InChI=1S/C26H19IN6OS/c27-24-23(12-18-10-5-9-17-6-3-4-11-22(17)18)29-26(30-25(24)34)35-16-21-15-33(32-31-21)14-20-8-2-1-7-19(20)13-28/h1-11,15H,12,14,16H2,(H,29,30,34). The zero-order valence-corrected chi connectivity index (χ0v) is 21.5. The van der Waals surface area contributed by atoms with E-state index >= 15 is 0 Å². The molecular formula is C26H19IN6OS. The highest BCUT2D eigenvalue weighted by molar-refractivity contribution is 14.1. The van der Waals surface area contributed by atoms with Gasteiger partial charge in [-0.15, -0.1) is 5.10 Å². The number of aromatic amines is 1. The van der Waals surface area contributed by atoms with Crippen LogP contribution in [0.4, 0.5) is 0 Å². The summed E-state index contributed by atoms with van der Waals surface area (Å²) in [6, 6.07) is 24.1. The molecule has 0 unspecified atom stereocenters. The van der Waals surface area contributed by atoms with E-state index in [4.69, 9.17) is 4.98 Å². The highest BCUT2D eigenvalue weighted by Gasteiger charge is 2.13. The highest BCUT2D eigenvalue weighted by atomic mass is 127. The Bertz CT molecular complexity index is 1620. The lowest BCUT2D eigenvalue weighted by molar-refractivity contribution is 0.648. The van der Waals surface area contributed by atoms with Gasteiger partial charge in [0.1, 0.15) is 3.57 Å². The maximum Gasteiger partial charge on any atom is 0.265 e. The van der Waals surface area contributed by atoms with Crippen LogP contribution in [0.1, 0.15) is 28.1 Å². The van der Waals surface area contributed by atoms with E-state index in [9.17, 15) is 10.1 Å². The minimum absolute atomic E-state index is 0.143. The number of halogens is 1. The number of nitrogens with zero attached hydrogens (tertiary/aromatic N) is 5. The number of aromatic nitrogens is 5. The summed E-state index contributed by atoms with van der Waals surface area (Å²) in [7, 11) is 0. The average Bonchev–Trinajstić information content (AvgIpc) is 3.33. The van der Waals surface area contributed by atoms with E-state index in [1.807, 2.05) is 42.6 Å². The van der Waals surface area contributed by atoms with Crippen LogP contribution in [-0.4, -0.2) is 25.0 Å². The maximum absolute atomic E-state index is 12.6. The predicted octanol–water partition coefficient (Wildman–Crippen LogP) is 4.92. The van der Waals surface area contributed by atoms with Crippen LogP contribution in [0.15, 0.2) is 82.9 Å². The number of fused-ring (bicyclic) bond motifs is 1. The molecule has 0 fully saturated rings. The minimum atomic E-state index is -0.143. The molecule has 1 N–H and O–H groups in total. The van der Waals surface area contributed by atoms with Crippen molar-refractivity contribution in [3.05, 3.63) is 115 Å². The molecule has 5 rings (SSSR count). The summed E-state index contributed by atoms with van der Waals surface area (Å²) in [6.07, 6.45) is 2.43. The van der Waals surface area contributed by atoms with E-state index in [1.165, 1.54) is 17.1 Å². The summed E-state index contributed by atoms with van der Waals surface area (Å²) in [6.45, 7) is 0.467. The van der Waals surface area contributed by atoms with Gasteiger partial charge in [0.2, 0.25) is 0 Å². The van der Waals surface area contributed by atoms with Crippen molar-refractivity contribution in [3.63, 3.8) is 0 Å². The van der Waals surface area contributed by atoms with Crippen LogP contribution in [-0.2, 0) is 18.7 Å². The van der Waals surface area contributed by atoms with Crippen LogP contribution in [0.25, 0.3) is 10.8 Å². The van der Waals surface area contributed by atoms with E-state index in [0.717, 1.165) is 27.9 Å². The molecule has 0 radical (unpaired) electrons. The Labute approximate surface area is 219 Å². The Morgan fingerprint density at radius 2 is 1.80 bits per heavy atom. The minimum Gasteiger partial charge on any atom is -0.301 e. The molecule has 172 valence electrons. The van der Waals surface area contributed by atoms with Crippen molar-refractivity contribution in [1.29, 1.82) is 5.26 Å². The Balaban J connectivity index is 1.32. The molecule has 7 nitrogen and oxygen atoms in total. The van der Waals surface area contributed by atoms with Gasteiger partial charge in [0, 0.05) is 18.4 Å². The van der Waals surface area contributed by atoms with Crippen molar-refractivity contribution in [1.82, 2.24) is 25.0 Å². The third-order valence-electron chi connectivity index (χ3n) is 5.56. The van der Waals surface area contributed by atoms with Gasteiger partial charge < -0.3 is 4.98 Å². The van der Waals surface area contributed by atoms with Gasteiger partial charge in [-0.25, -0.2) is 9.67 Å². The number of nitriles is 1. The predicted molar refractivity (Wildman–Crippen MR) is 144 cm³/mol. The van der Waals surface area contributed by atoms with E-state index in [0.29, 0.717) is 33.0 Å². The first-order valence-electron chi connectivity index (χ1n) is 10.9. The number of hydrogen-bond acceptors (Lipinski definition) is 6. The molecule has 9 heteroatoms. The summed E-state index contributed by atoms with van der Waals surface area (Å²) < 4.78 is 2.31. The van der Waals surface area contributed by atoms with Crippen molar-refractivity contribution in [2.24, 2.45) is 0 Å². The average molecular weight is 590 g/mol. The zero-order valence-electron chi connectivity index (χ0n) is 18.5. The summed E-state index contributed by atoms with van der Waals surface area (Å²) in [5, 5.41) is 20.6. The summed E-state index contributed by atoms with van der Waals surface area (Å²) in [4.78, 5) is 20.2. The number of thioether (sulfide) groups is 1. The van der Waals surface area contributed by atoms with Crippen molar-refractivity contribution in [2.45, 2.75) is 23.9 Å². The Kier molecular flexibility index (Phi) is 6.92. The van der Waals surface area contributed by atoms with Crippen LogP contribution in [0.3, 0.4) is 0 Å². The Hall–Kier alpha value is -3.49. The van der Waals surface area contributed by atoms with Gasteiger partial charge in [-0.3, -0.25) is 4.79 Å². The smallest absolute Gasteiger partial charge is 0.265 e. The Morgan fingerprint density at radius 1 is 1.03 bits per heavy atom. The van der Waals surface area contributed by atoms with E-state index in [-0.39, 0.29) is 5.56 Å². The van der Waals surface area contributed by atoms with Gasteiger partial charge in [-0.05, 0) is 50.6 Å². The van der Waals surface area contributed by atoms with Crippen molar-refractivity contribution in [3.8, 4) is 6.07 Å². The molecule has 0 amide bonds. The summed E-state index contributed by atoms with van der Waals surface area (Å²) in [5.41, 5.74) is 4.02. The number of benzene rings is 3. The summed E-state index contributed by atoms with van der Waals surface area (Å²) >= 11 is 3.48. The van der Waals surface area contributed by atoms with Crippen molar-refractivity contribution in [2.75, 3.05) is 0 Å². The molecule has 2 aromatic heterocycles. The van der Waals surface area contributed by atoms with Crippen LogP contribution in [0, 0.1) is 14.9 Å². The fourth-order valence-electron chi connectivity index (χ4n) is 3.86. The van der Waals surface area contributed by atoms with Gasteiger partial charge in [0.25, 0.3) is 5.56 Å². The second-order valence-electron chi connectivity index (χ2n) is 7.91. The largest absolute Gasteiger partial charge is 0.301 e. The monoisotopic (exact) mass is 590 g/mol. The lowest BCUT2D eigenvalue weighted by Gasteiger charge is -2.09. The molecule has 0 aliphatic rings. The number of nitrogens with one attached hydrogen (secondary N) is 1. The van der Waals surface area contributed by atoms with Crippen molar-refractivity contribution >= 4 is 45.1 Å². The van der Waals surface area contributed by atoms with Crippen LogP contribution >= 0.6 is 34.4 Å². The third-order valence-corrected chi connectivity index (χ3v) is 7.58. The van der Waals surface area contributed by atoms with Gasteiger partial charge in [-0.2, -0.15) is 5.26 Å². The second kappa shape index (κ2) is 10.4. The van der Waals surface area contributed by atoms with Gasteiger partial charge in [0.05, 0.1) is 29.6 Å². The first-order chi connectivity index (χ1) is 17.1. The molecule has 3 aromatic carbocycles. The Morgan fingerprint density at radius 3 is 2.69 bits per heavy atom. The fraction of sp³-hybridized carbons (Fsp3) is 0.115. The van der Waals surface area contributed by atoms with E-state index < -0.39 is 0 Å². The molecule has 0 spiro atoms. The molecule has 0 atom stereocenters. The van der Waals surface area contributed by atoms with E-state index in [1.54, 1.807) is 10.7 Å². The lowest BCUT2D eigenvalue weighted by Crippen LogP contribution is -2.16. The number of H-pyrrole nitrogens is 1. The van der Waals surface area contributed by atoms with Gasteiger partial charge >= 0.3 is 0 Å². The first kappa shape index (κ1) is 23.3. The topological polar surface area (TPSA) is 100 Å². The van der Waals surface area contributed by atoms with Gasteiger partial charge in [-0.1, -0.05) is 77.6 Å². The normalized spacial score (nSPS) is 11.0. The molecule has 5 aromatic rings. The molecular weight excluding hydrogens is 571 g/mol. The first-order valence-corrected chi connectivity index (χ1v) is 12.9. The molecule has 2 heterocycles. The molecule has 0 aliphatic heterocycles. The van der Waals surface area contributed by atoms with Crippen LogP contribution < -0.4 is 5.56 Å². The van der Waals surface area contributed by atoms with Crippen LogP contribution in [0.5, 0.6) is 0 Å². The fourth-order valence-corrected chi connectivity index (χ4v) is 5.06. The highest BCUT2D eigenvalue weighted by Crippen LogP contribution is 2.24. The molecule has 0 bridgehead atoms. The third kappa shape index (κ3) is 5.28. The van der Waals surface area contributed by atoms with Crippen molar-refractivity contribution < 1.29 is 0 Å². The maximum atomic E-state index is 12.6. The molecule has 0 saturated carbocycles. The second-order valence-corrected chi connectivity index (χ2v) is 9.95. The van der Waals surface area contributed by atoms with Crippen LogP contribution in [0.2, 0.25) is 0 Å². The quantitative estimate of drug-likeness (QED) is 0.164. The molecule has 0 saturated heterocycles. The SMILES string of the molecule is N#Cc1ccccc1Cn1cc(CSc2nc(Cc3cccc4ccccc34)c(I)c(=O)[nH]2)nn1. The van der Waals surface area contributed by atoms with Gasteiger partial charge in [0.15, 0.2) is 5.16 Å². The molecule has 35 heavy (non-hydrogen) atoms. The zero-order chi connectivity index (χ0) is 24.2. The van der Waals surface area contributed by atoms with E-state index in [2.05, 4.69) is 68.2 Å². The molecule has 0 aliphatic carbocycles. The number of hydrogen-bond donors (Lipinski definition) is 1. The summed E-state index contributed by atoms with van der Waals surface area (Å²) in [5.74, 6) is 0.511. The lowest BCUT2D eigenvalue weighted by atomic mass is 10.0.